The van der Waals surface area contributed by atoms with Crippen LogP contribution in [0.25, 0.3) is 27.8 Å². The topological polar surface area (TPSA) is 139 Å². The highest BCUT2D eigenvalue weighted by Gasteiger charge is 2.28. The van der Waals surface area contributed by atoms with Crippen LogP contribution in [0.2, 0.25) is 0 Å². The third kappa shape index (κ3) is 1.96. The first-order valence-corrected chi connectivity index (χ1v) is 5.59. The van der Waals surface area contributed by atoms with Gasteiger partial charge in [0.15, 0.2) is 11.5 Å². The summed E-state index contributed by atoms with van der Waals surface area (Å²) in [5.41, 5.74) is 16.0. The first-order valence-electron chi connectivity index (χ1n) is 5.59. The fourth-order valence-corrected chi connectivity index (χ4v) is 1.87. The quantitative estimate of drug-likeness (QED) is 0.483. The molecule has 3 N–H and O–H groups in total. The maximum atomic E-state index is 9.01. The minimum absolute atomic E-state index is 0.0181. The molecule has 1 saturated carbocycles. The summed E-state index contributed by atoms with van der Waals surface area (Å²) in [6, 6.07) is 0. The van der Waals surface area contributed by atoms with Gasteiger partial charge in [-0.15, -0.1) is 0 Å². The highest BCUT2D eigenvalue weighted by Crippen LogP contribution is 2.38. The van der Waals surface area contributed by atoms with Crippen LogP contribution in [0, 0.1) is 5.92 Å². The maximum absolute atomic E-state index is 9.01. The molecule has 1 aliphatic carbocycles. The predicted octanol–water partition coefficient (Wildman–Crippen LogP) is 1.20. The number of anilines is 1. The number of nitrogens with two attached hydrogens (primary N) is 1. The SMILES string of the molecule is [N-]=[N+]=Nc1nc(N)nc2c1ncn2/C=C1\C[C@H]1CO. The average Bonchev–Trinajstić information content (AvgIpc) is 3.03. The molecule has 96 valence electrons. The van der Waals surface area contributed by atoms with E-state index < -0.39 is 0 Å². The fraction of sp³-hybridized carbons (Fsp3) is 0.300. The number of azide groups is 1. The zero-order chi connectivity index (χ0) is 13.4. The average molecular weight is 258 g/mol. The molecule has 9 nitrogen and oxygen atoms in total. The molecule has 3 rings (SSSR count). The Labute approximate surface area is 107 Å². The van der Waals surface area contributed by atoms with Gasteiger partial charge in [0.1, 0.15) is 11.8 Å². The van der Waals surface area contributed by atoms with E-state index in [9.17, 15) is 0 Å². The van der Waals surface area contributed by atoms with Crippen LogP contribution < -0.4 is 5.73 Å². The van der Waals surface area contributed by atoms with Crippen LogP contribution in [0.5, 0.6) is 0 Å². The van der Waals surface area contributed by atoms with Crippen molar-refractivity contribution in [3.63, 3.8) is 0 Å². The van der Waals surface area contributed by atoms with Crippen molar-refractivity contribution in [2.24, 2.45) is 11.0 Å². The Morgan fingerprint density at radius 2 is 2.47 bits per heavy atom. The van der Waals surface area contributed by atoms with E-state index in [1.54, 1.807) is 10.9 Å². The Balaban J connectivity index is 2.13. The largest absolute Gasteiger partial charge is 0.396 e. The number of aromatic nitrogens is 4. The van der Waals surface area contributed by atoms with Crippen molar-refractivity contribution in [2.45, 2.75) is 6.42 Å². The number of hydrogen-bond donors (Lipinski definition) is 2. The molecule has 9 heteroatoms. The molecular weight excluding hydrogens is 248 g/mol. The van der Waals surface area contributed by atoms with E-state index in [0.717, 1.165) is 12.0 Å². The highest BCUT2D eigenvalue weighted by atomic mass is 16.3. The number of fused-ring (bicyclic) bond motifs is 1. The van der Waals surface area contributed by atoms with Gasteiger partial charge in [0.05, 0.1) is 0 Å². The summed E-state index contributed by atoms with van der Waals surface area (Å²) in [5.74, 6) is 0.342. The molecule has 0 aromatic carbocycles. The van der Waals surface area contributed by atoms with Crippen LogP contribution in [-0.4, -0.2) is 31.2 Å². The van der Waals surface area contributed by atoms with E-state index in [-0.39, 0.29) is 24.3 Å². The van der Waals surface area contributed by atoms with Gasteiger partial charge in [-0.1, -0.05) is 0 Å². The molecule has 1 fully saturated rings. The molecular formula is C10H10N8O. The summed E-state index contributed by atoms with van der Waals surface area (Å²) in [7, 11) is 0. The zero-order valence-corrected chi connectivity index (χ0v) is 9.80. The summed E-state index contributed by atoms with van der Waals surface area (Å²) >= 11 is 0. The normalized spacial score (nSPS) is 19.6. The van der Waals surface area contributed by atoms with Crippen molar-refractivity contribution >= 4 is 29.1 Å². The monoisotopic (exact) mass is 258 g/mol. The van der Waals surface area contributed by atoms with Crippen molar-refractivity contribution in [3.8, 4) is 0 Å². The second kappa shape index (κ2) is 4.23. The van der Waals surface area contributed by atoms with Crippen molar-refractivity contribution in [3.05, 3.63) is 22.3 Å². The smallest absolute Gasteiger partial charge is 0.222 e. The summed E-state index contributed by atoms with van der Waals surface area (Å²) in [6.45, 7) is 0.138. The maximum Gasteiger partial charge on any atom is 0.222 e. The third-order valence-corrected chi connectivity index (χ3v) is 2.93. The number of aliphatic hydroxyl groups is 1. The molecule has 0 aliphatic heterocycles. The molecule has 0 amide bonds. The van der Waals surface area contributed by atoms with E-state index in [0.29, 0.717) is 11.2 Å². The lowest BCUT2D eigenvalue weighted by atomic mass is 10.4. The Kier molecular flexibility index (Phi) is 2.55. The summed E-state index contributed by atoms with van der Waals surface area (Å²) in [4.78, 5) is 14.7. The fourth-order valence-electron chi connectivity index (χ4n) is 1.87. The number of aliphatic hydroxyl groups excluding tert-OH is 1. The van der Waals surface area contributed by atoms with E-state index >= 15 is 0 Å². The minimum atomic E-state index is 0.0181. The first kappa shape index (κ1) is 11.5. The molecule has 0 spiro atoms. The van der Waals surface area contributed by atoms with Gasteiger partial charge in [-0.05, 0) is 22.6 Å². The van der Waals surface area contributed by atoms with Gasteiger partial charge in [-0.25, -0.2) is 9.97 Å². The van der Waals surface area contributed by atoms with Crippen LogP contribution in [0.4, 0.5) is 11.8 Å². The lowest BCUT2D eigenvalue weighted by molar-refractivity contribution is 0.281. The lowest BCUT2D eigenvalue weighted by Crippen LogP contribution is -1.97. The Morgan fingerprint density at radius 1 is 1.63 bits per heavy atom. The first-order chi connectivity index (χ1) is 9.22. The molecule has 2 aromatic heterocycles. The number of imidazole rings is 1. The van der Waals surface area contributed by atoms with E-state index in [2.05, 4.69) is 25.0 Å². The van der Waals surface area contributed by atoms with Crippen molar-refractivity contribution in [2.75, 3.05) is 12.3 Å². The molecule has 2 aromatic rings. The molecule has 1 atom stereocenters. The van der Waals surface area contributed by atoms with Crippen LogP contribution in [-0.2, 0) is 0 Å². The molecule has 19 heavy (non-hydrogen) atoms. The van der Waals surface area contributed by atoms with E-state index in [1.165, 1.54) is 0 Å². The van der Waals surface area contributed by atoms with Gasteiger partial charge >= 0.3 is 0 Å². The molecule has 0 bridgehead atoms. The number of nitrogens with zero attached hydrogens (tertiary/aromatic N) is 7. The van der Waals surface area contributed by atoms with Crippen molar-refractivity contribution < 1.29 is 5.11 Å². The molecule has 0 radical (unpaired) electrons. The van der Waals surface area contributed by atoms with Gasteiger partial charge in [0.2, 0.25) is 5.95 Å². The Hall–Kier alpha value is -2.64. The summed E-state index contributed by atoms with van der Waals surface area (Å²) < 4.78 is 1.69. The molecule has 0 unspecified atom stereocenters. The number of nitrogen functional groups attached to an aromatic ring is 1. The van der Waals surface area contributed by atoms with Gasteiger partial charge in [-0.3, -0.25) is 4.57 Å². The van der Waals surface area contributed by atoms with Gasteiger partial charge in [0.25, 0.3) is 0 Å². The summed E-state index contributed by atoms with van der Waals surface area (Å²) in [5, 5.41) is 12.5. The van der Waals surface area contributed by atoms with E-state index in [1.807, 2.05) is 6.20 Å². The lowest BCUT2D eigenvalue weighted by Gasteiger charge is -1.98. The Morgan fingerprint density at radius 3 is 3.16 bits per heavy atom. The van der Waals surface area contributed by atoms with Crippen LogP contribution in [0.3, 0.4) is 0 Å². The number of rotatable bonds is 3. The molecule has 0 saturated heterocycles. The Bertz CT molecular complexity index is 726. The molecule has 1 aliphatic rings. The predicted molar refractivity (Wildman–Crippen MR) is 68.0 cm³/mol. The second-order valence-electron chi connectivity index (χ2n) is 4.21. The van der Waals surface area contributed by atoms with Crippen LogP contribution in [0.1, 0.15) is 6.42 Å². The standard InChI is InChI=1S/C10H10N8O/c11-10-14-8(16-17-12)7-9(15-10)18(4-13-7)2-5-1-6(5)3-19/h2,4,6,19H,1,3H2,(H2,11,14,15)/b5-2+/t6-/m0/s1. The molecule has 2 heterocycles. The number of hydrogen-bond acceptors (Lipinski definition) is 6. The summed E-state index contributed by atoms with van der Waals surface area (Å²) in [6.07, 6.45) is 4.26. The van der Waals surface area contributed by atoms with E-state index in [4.69, 9.17) is 16.4 Å². The van der Waals surface area contributed by atoms with Crippen molar-refractivity contribution in [1.82, 2.24) is 19.5 Å². The van der Waals surface area contributed by atoms with Crippen molar-refractivity contribution in [1.29, 1.82) is 0 Å². The third-order valence-electron chi connectivity index (χ3n) is 2.93. The van der Waals surface area contributed by atoms with Gasteiger partial charge in [0, 0.05) is 23.6 Å². The van der Waals surface area contributed by atoms with Gasteiger partial charge < -0.3 is 10.8 Å². The minimum Gasteiger partial charge on any atom is -0.396 e. The zero-order valence-electron chi connectivity index (χ0n) is 9.80. The van der Waals surface area contributed by atoms with Gasteiger partial charge in [-0.2, -0.15) is 4.98 Å². The van der Waals surface area contributed by atoms with Crippen LogP contribution in [0.15, 0.2) is 17.0 Å². The van der Waals surface area contributed by atoms with Crippen LogP contribution >= 0.6 is 0 Å². The second-order valence-corrected chi connectivity index (χ2v) is 4.21. The highest BCUT2D eigenvalue weighted by molar-refractivity contribution is 5.83.